The van der Waals surface area contributed by atoms with Gasteiger partial charge in [-0.05, 0) is 38.1 Å². The lowest BCUT2D eigenvalue weighted by Gasteiger charge is -2.31. The maximum absolute atomic E-state index is 12.4. The number of carboxylic acids is 1. The first kappa shape index (κ1) is 16.3. The molecular weight excluding hydrogens is 268 g/mol. The highest BCUT2D eigenvalue weighted by molar-refractivity contribution is 5.83. The van der Waals surface area contributed by atoms with Crippen LogP contribution in [0.3, 0.4) is 0 Å². The molecule has 2 aliphatic rings. The summed E-state index contributed by atoms with van der Waals surface area (Å²) in [7, 11) is 0. The van der Waals surface area contributed by atoms with Gasteiger partial charge in [0, 0.05) is 6.04 Å². The molecule has 0 aromatic heterocycles. The van der Waals surface area contributed by atoms with Crippen LogP contribution in [0.2, 0.25) is 0 Å². The predicted octanol–water partition coefficient (Wildman–Crippen LogP) is 1.91. The molecule has 4 unspecified atom stereocenters. The van der Waals surface area contributed by atoms with E-state index in [4.69, 9.17) is 0 Å². The Morgan fingerprint density at radius 2 is 1.95 bits per heavy atom. The van der Waals surface area contributed by atoms with Gasteiger partial charge in [-0.1, -0.05) is 32.6 Å². The van der Waals surface area contributed by atoms with Gasteiger partial charge in [-0.3, -0.25) is 9.59 Å². The smallest absolute Gasteiger partial charge is 0.308 e. The van der Waals surface area contributed by atoms with E-state index in [1.807, 2.05) is 0 Å². The van der Waals surface area contributed by atoms with E-state index in [2.05, 4.69) is 17.6 Å². The van der Waals surface area contributed by atoms with E-state index in [-0.39, 0.29) is 18.0 Å². The van der Waals surface area contributed by atoms with Crippen molar-refractivity contribution in [2.75, 3.05) is 6.54 Å². The van der Waals surface area contributed by atoms with Crippen LogP contribution in [0.5, 0.6) is 0 Å². The van der Waals surface area contributed by atoms with Gasteiger partial charge in [-0.15, -0.1) is 0 Å². The van der Waals surface area contributed by atoms with Crippen molar-refractivity contribution >= 4 is 11.9 Å². The summed E-state index contributed by atoms with van der Waals surface area (Å²) in [6, 6.07) is -0.359. The van der Waals surface area contributed by atoms with E-state index in [0.717, 1.165) is 51.5 Å². The topological polar surface area (TPSA) is 78.4 Å². The Balaban J connectivity index is 1.94. The van der Waals surface area contributed by atoms with Gasteiger partial charge in [-0.2, -0.15) is 0 Å². The minimum Gasteiger partial charge on any atom is -0.481 e. The van der Waals surface area contributed by atoms with Crippen molar-refractivity contribution in [2.45, 2.75) is 70.4 Å². The summed E-state index contributed by atoms with van der Waals surface area (Å²) in [6.45, 7) is 3.04. The molecule has 1 saturated heterocycles. The van der Waals surface area contributed by atoms with Gasteiger partial charge in [0.1, 0.15) is 0 Å². The number of aliphatic carboxylic acids is 1. The number of amides is 1. The van der Waals surface area contributed by atoms with Gasteiger partial charge < -0.3 is 15.7 Å². The summed E-state index contributed by atoms with van der Waals surface area (Å²) >= 11 is 0. The Hall–Kier alpha value is -1.10. The monoisotopic (exact) mass is 296 g/mol. The Kier molecular flexibility index (Phi) is 6.03. The number of rotatable bonds is 4. The highest BCUT2D eigenvalue weighted by Gasteiger charge is 2.33. The number of carbonyl (C=O) groups is 2. The molecule has 1 aliphatic carbocycles. The third-order valence-electron chi connectivity index (χ3n) is 5.07. The number of piperidine rings is 1. The van der Waals surface area contributed by atoms with Crippen molar-refractivity contribution in [3.63, 3.8) is 0 Å². The SMILES string of the molecule is CCC1CCNC(C(=O)NC2CCCCCC2C(=O)O)C1. The standard InChI is InChI=1S/C16H28N2O3/c1-2-11-8-9-17-14(10-11)15(19)18-13-7-5-3-4-6-12(13)16(20)21/h11-14,17H,2-10H2,1H3,(H,18,19)(H,20,21). The Morgan fingerprint density at radius 3 is 2.67 bits per heavy atom. The van der Waals surface area contributed by atoms with Gasteiger partial charge >= 0.3 is 5.97 Å². The summed E-state index contributed by atoms with van der Waals surface area (Å²) in [5.41, 5.74) is 0. The zero-order valence-electron chi connectivity index (χ0n) is 12.9. The lowest BCUT2D eigenvalue weighted by atomic mass is 9.89. The van der Waals surface area contributed by atoms with E-state index in [1.165, 1.54) is 0 Å². The molecular formula is C16H28N2O3. The molecule has 5 heteroatoms. The van der Waals surface area contributed by atoms with E-state index >= 15 is 0 Å². The van der Waals surface area contributed by atoms with Crippen LogP contribution < -0.4 is 10.6 Å². The maximum Gasteiger partial charge on any atom is 0.308 e. The third kappa shape index (κ3) is 4.43. The van der Waals surface area contributed by atoms with Crippen LogP contribution in [0.1, 0.15) is 58.3 Å². The highest BCUT2D eigenvalue weighted by Crippen LogP contribution is 2.25. The van der Waals surface area contributed by atoms with Gasteiger partial charge in [0.15, 0.2) is 0 Å². The van der Waals surface area contributed by atoms with Gasteiger partial charge in [0.25, 0.3) is 0 Å². The fourth-order valence-corrected chi connectivity index (χ4v) is 3.63. The number of hydrogen-bond acceptors (Lipinski definition) is 3. The lowest BCUT2D eigenvalue weighted by molar-refractivity contribution is -0.143. The average molecular weight is 296 g/mol. The summed E-state index contributed by atoms with van der Waals surface area (Å²) in [5, 5.41) is 15.7. The molecule has 4 atom stereocenters. The molecule has 5 nitrogen and oxygen atoms in total. The first-order valence-corrected chi connectivity index (χ1v) is 8.38. The molecule has 2 fully saturated rings. The van der Waals surface area contributed by atoms with Crippen LogP contribution in [-0.4, -0.2) is 35.6 Å². The minimum absolute atomic E-state index is 0.00806. The molecule has 0 aromatic rings. The second kappa shape index (κ2) is 7.78. The normalized spacial score (nSPS) is 34.0. The summed E-state index contributed by atoms with van der Waals surface area (Å²) in [6.07, 6.45) is 7.58. The van der Waals surface area contributed by atoms with Crippen LogP contribution in [0, 0.1) is 11.8 Å². The van der Waals surface area contributed by atoms with Crippen molar-refractivity contribution in [3.05, 3.63) is 0 Å². The molecule has 1 saturated carbocycles. The fraction of sp³-hybridized carbons (Fsp3) is 0.875. The molecule has 2 rings (SSSR count). The Labute approximate surface area is 126 Å². The lowest BCUT2D eigenvalue weighted by Crippen LogP contribution is -2.53. The summed E-state index contributed by atoms with van der Waals surface area (Å²) in [5.74, 6) is -0.607. The molecule has 120 valence electrons. The van der Waals surface area contributed by atoms with Crippen LogP contribution >= 0.6 is 0 Å². The number of hydrogen-bond donors (Lipinski definition) is 3. The summed E-state index contributed by atoms with van der Waals surface area (Å²) < 4.78 is 0. The minimum atomic E-state index is -0.773. The van der Waals surface area contributed by atoms with E-state index in [0.29, 0.717) is 12.3 Å². The van der Waals surface area contributed by atoms with E-state index in [1.54, 1.807) is 0 Å². The maximum atomic E-state index is 12.4. The van der Waals surface area contributed by atoms with E-state index < -0.39 is 11.9 Å². The van der Waals surface area contributed by atoms with Crippen LogP contribution in [-0.2, 0) is 9.59 Å². The molecule has 0 spiro atoms. The number of nitrogens with one attached hydrogen (secondary N) is 2. The van der Waals surface area contributed by atoms with Crippen molar-refractivity contribution in [1.82, 2.24) is 10.6 Å². The summed E-state index contributed by atoms with van der Waals surface area (Å²) in [4.78, 5) is 23.8. The van der Waals surface area contributed by atoms with Gasteiger partial charge in [-0.25, -0.2) is 0 Å². The van der Waals surface area contributed by atoms with Crippen LogP contribution in [0.15, 0.2) is 0 Å². The first-order chi connectivity index (χ1) is 10.1. The van der Waals surface area contributed by atoms with Crippen LogP contribution in [0.25, 0.3) is 0 Å². The molecule has 3 N–H and O–H groups in total. The second-order valence-electron chi connectivity index (χ2n) is 6.50. The number of carboxylic acid groups (broad SMARTS) is 1. The van der Waals surface area contributed by atoms with Gasteiger partial charge in [0.05, 0.1) is 12.0 Å². The average Bonchev–Trinajstić information content (AvgIpc) is 2.72. The number of carbonyl (C=O) groups excluding carboxylic acids is 1. The Morgan fingerprint density at radius 1 is 1.19 bits per heavy atom. The Bertz CT molecular complexity index is 373. The molecule has 1 amide bonds. The molecule has 1 heterocycles. The van der Waals surface area contributed by atoms with Crippen molar-refractivity contribution in [3.8, 4) is 0 Å². The zero-order valence-corrected chi connectivity index (χ0v) is 12.9. The fourth-order valence-electron chi connectivity index (χ4n) is 3.63. The molecule has 1 aliphatic heterocycles. The molecule has 21 heavy (non-hydrogen) atoms. The quantitative estimate of drug-likeness (QED) is 0.693. The first-order valence-electron chi connectivity index (χ1n) is 8.38. The largest absolute Gasteiger partial charge is 0.481 e. The molecule has 0 radical (unpaired) electrons. The highest BCUT2D eigenvalue weighted by atomic mass is 16.4. The molecule has 0 aromatic carbocycles. The van der Waals surface area contributed by atoms with E-state index in [9.17, 15) is 14.7 Å². The zero-order chi connectivity index (χ0) is 15.2. The van der Waals surface area contributed by atoms with Crippen LogP contribution in [0.4, 0.5) is 0 Å². The van der Waals surface area contributed by atoms with Crippen molar-refractivity contribution < 1.29 is 14.7 Å². The second-order valence-corrected chi connectivity index (χ2v) is 6.50. The predicted molar refractivity (Wildman–Crippen MR) is 80.9 cm³/mol. The van der Waals surface area contributed by atoms with Crippen molar-refractivity contribution in [2.24, 2.45) is 11.8 Å². The molecule has 0 bridgehead atoms. The third-order valence-corrected chi connectivity index (χ3v) is 5.07. The van der Waals surface area contributed by atoms with Gasteiger partial charge in [0.2, 0.25) is 5.91 Å². The van der Waals surface area contributed by atoms with Crippen molar-refractivity contribution in [1.29, 1.82) is 0 Å².